The Hall–Kier alpha value is -3.15. The molecule has 0 bridgehead atoms. The molecule has 0 unspecified atom stereocenters. The van der Waals surface area contributed by atoms with Gasteiger partial charge in [-0.3, -0.25) is 9.59 Å². The number of carbonyl (C=O) groups excluding carboxylic acids is 2. The van der Waals surface area contributed by atoms with Crippen molar-refractivity contribution in [2.75, 3.05) is 5.32 Å². The Labute approximate surface area is 152 Å². The Bertz CT molecular complexity index is 778. The number of para-hydroxylation sites is 1. The summed E-state index contributed by atoms with van der Waals surface area (Å²) in [6.07, 6.45) is 5.11. The number of benzene rings is 2. The van der Waals surface area contributed by atoms with Crippen LogP contribution in [-0.4, -0.2) is 17.5 Å². The molecular weight excluding hydrogens is 330 g/mol. The number of anilines is 1. The van der Waals surface area contributed by atoms with Crippen molar-refractivity contribution in [1.29, 1.82) is 0 Å². The van der Waals surface area contributed by atoms with Crippen molar-refractivity contribution in [3.05, 3.63) is 54.6 Å². The van der Waals surface area contributed by atoms with Crippen molar-refractivity contribution >= 4 is 23.2 Å². The molecule has 2 amide bonds. The van der Waals surface area contributed by atoms with Crippen molar-refractivity contribution in [3.8, 4) is 11.5 Å². The zero-order valence-electron chi connectivity index (χ0n) is 14.4. The van der Waals surface area contributed by atoms with Crippen LogP contribution >= 0.6 is 0 Å². The van der Waals surface area contributed by atoms with E-state index in [4.69, 9.17) is 4.74 Å². The summed E-state index contributed by atoms with van der Waals surface area (Å²) >= 11 is 0. The van der Waals surface area contributed by atoms with Crippen LogP contribution in [0.5, 0.6) is 11.5 Å². The third-order valence-corrected chi connectivity index (χ3v) is 4.04. The Kier molecular flexibility index (Phi) is 5.98. The minimum atomic E-state index is -0.771. The van der Waals surface area contributed by atoms with E-state index in [2.05, 4.69) is 15.8 Å². The van der Waals surface area contributed by atoms with Crippen LogP contribution in [0.1, 0.15) is 32.1 Å². The molecule has 6 heteroatoms. The number of amides is 2. The molecule has 0 spiro atoms. The van der Waals surface area contributed by atoms with Crippen LogP contribution in [0.3, 0.4) is 0 Å². The molecule has 6 nitrogen and oxygen atoms in total. The summed E-state index contributed by atoms with van der Waals surface area (Å²) < 4.78 is 5.68. The fourth-order valence-electron chi connectivity index (χ4n) is 2.67. The topological polar surface area (TPSA) is 79.8 Å². The molecule has 134 valence electrons. The van der Waals surface area contributed by atoms with E-state index in [1.54, 1.807) is 24.3 Å². The quantitative estimate of drug-likeness (QED) is 0.648. The van der Waals surface area contributed by atoms with Crippen molar-refractivity contribution in [1.82, 2.24) is 5.43 Å². The molecular formula is C20H21N3O3. The SMILES string of the molecule is O=C(NN=C1CCCCC1)C(=O)Nc1ccc(Oc2ccccc2)cc1. The predicted molar refractivity (Wildman–Crippen MR) is 100 cm³/mol. The number of hydrazone groups is 1. The Morgan fingerprint density at radius 3 is 2.15 bits per heavy atom. The molecule has 1 aliphatic carbocycles. The average Bonchev–Trinajstić information content (AvgIpc) is 2.69. The summed E-state index contributed by atoms with van der Waals surface area (Å²) in [7, 11) is 0. The normalized spacial score (nSPS) is 13.6. The largest absolute Gasteiger partial charge is 0.457 e. The van der Waals surface area contributed by atoms with Crippen molar-refractivity contribution in [3.63, 3.8) is 0 Å². The van der Waals surface area contributed by atoms with Gasteiger partial charge in [-0.1, -0.05) is 24.6 Å². The highest BCUT2D eigenvalue weighted by molar-refractivity contribution is 6.39. The zero-order chi connectivity index (χ0) is 18.2. The second kappa shape index (κ2) is 8.80. The van der Waals surface area contributed by atoms with Gasteiger partial charge in [0.25, 0.3) is 0 Å². The van der Waals surface area contributed by atoms with E-state index < -0.39 is 11.8 Å². The molecule has 0 aliphatic heterocycles. The summed E-state index contributed by atoms with van der Waals surface area (Å²) in [5.74, 6) is -0.151. The van der Waals surface area contributed by atoms with E-state index in [-0.39, 0.29) is 0 Å². The van der Waals surface area contributed by atoms with Gasteiger partial charge in [-0.2, -0.15) is 5.10 Å². The molecule has 1 fully saturated rings. The minimum absolute atomic E-state index is 0.510. The molecule has 1 aliphatic rings. The van der Waals surface area contributed by atoms with Gasteiger partial charge in [-0.25, -0.2) is 5.43 Å². The van der Waals surface area contributed by atoms with Gasteiger partial charge in [-0.15, -0.1) is 0 Å². The third kappa shape index (κ3) is 5.17. The molecule has 0 aromatic heterocycles. The standard InChI is InChI=1S/C20H21N3O3/c24-19(20(25)23-22-16-7-3-1-4-8-16)21-15-11-13-18(14-12-15)26-17-9-5-2-6-10-17/h2,5-6,9-14H,1,3-4,7-8H2,(H,21,24)(H,23,25). The van der Waals surface area contributed by atoms with Gasteiger partial charge in [-0.05, 0) is 62.1 Å². The average molecular weight is 351 g/mol. The first-order valence-corrected chi connectivity index (χ1v) is 8.70. The second-order valence-corrected chi connectivity index (χ2v) is 6.07. The summed E-state index contributed by atoms with van der Waals surface area (Å²) in [6, 6.07) is 16.2. The fourth-order valence-corrected chi connectivity index (χ4v) is 2.67. The monoisotopic (exact) mass is 351 g/mol. The van der Waals surface area contributed by atoms with E-state index in [9.17, 15) is 9.59 Å². The van der Waals surface area contributed by atoms with Crippen LogP contribution in [-0.2, 0) is 9.59 Å². The van der Waals surface area contributed by atoms with Crippen LogP contribution in [0.25, 0.3) is 0 Å². The second-order valence-electron chi connectivity index (χ2n) is 6.07. The Morgan fingerprint density at radius 2 is 1.46 bits per heavy atom. The van der Waals surface area contributed by atoms with Gasteiger partial charge in [0.1, 0.15) is 11.5 Å². The molecule has 2 N–H and O–H groups in total. The van der Waals surface area contributed by atoms with Gasteiger partial charge in [0.2, 0.25) is 0 Å². The number of ether oxygens (including phenoxy) is 1. The molecule has 26 heavy (non-hydrogen) atoms. The lowest BCUT2D eigenvalue weighted by Crippen LogP contribution is -2.33. The number of hydrogen-bond donors (Lipinski definition) is 2. The highest BCUT2D eigenvalue weighted by atomic mass is 16.5. The summed E-state index contributed by atoms with van der Waals surface area (Å²) in [5.41, 5.74) is 3.78. The van der Waals surface area contributed by atoms with Crippen LogP contribution < -0.4 is 15.5 Å². The smallest absolute Gasteiger partial charge is 0.329 e. The lowest BCUT2D eigenvalue weighted by Gasteiger charge is -2.12. The Morgan fingerprint density at radius 1 is 0.808 bits per heavy atom. The van der Waals surface area contributed by atoms with Crippen LogP contribution in [0.2, 0.25) is 0 Å². The maximum atomic E-state index is 11.9. The van der Waals surface area contributed by atoms with E-state index in [1.807, 2.05) is 30.3 Å². The third-order valence-electron chi connectivity index (χ3n) is 4.04. The molecule has 1 saturated carbocycles. The molecule has 2 aromatic carbocycles. The van der Waals surface area contributed by atoms with Crippen LogP contribution in [0.4, 0.5) is 5.69 Å². The predicted octanol–water partition coefficient (Wildman–Crippen LogP) is 3.85. The van der Waals surface area contributed by atoms with E-state index >= 15 is 0 Å². The number of rotatable bonds is 4. The maximum absolute atomic E-state index is 11.9. The lowest BCUT2D eigenvalue weighted by molar-refractivity contribution is -0.136. The molecule has 3 rings (SSSR count). The zero-order valence-corrected chi connectivity index (χ0v) is 14.4. The van der Waals surface area contributed by atoms with E-state index in [0.717, 1.165) is 37.1 Å². The fraction of sp³-hybridized carbons (Fsp3) is 0.250. The molecule has 2 aromatic rings. The molecule has 0 radical (unpaired) electrons. The van der Waals surface area contributed by atoms with Crippen molar-refractivity contribution < 1.29 is 14.3 Å². The minimum Gasteiger partial charge on any atom is -0.457 e. The summed E-state index contributed by atoms with van der Waals surface area (Å²) in [4.78, 5) is 23.8. The first-order chi connectivity index (χ1) is 12.7. The van der Waals surface area contributed by atoms with Crippen LogP contribution in [0, 0.1) is 0 Å². The maximum Gasteiger partial charge on any atom is 0.329 e. The number of hydrogen-bond acceptors (Lipinski definition) is 4. The number of nitrogens with zero attached hydrogens (tertiary/aromatic N) is 1. The van der Waals surface area contributed by atoms with Crippen molar-refractivity contribution in [2.24, 2.45) is 5.10 Å². The first kappa shape index (κ1) is 17.7. The highest BCUT2D eigenvalue weighted by Gasteiger charge is 2.14. The van der Waals surface area contributed by atoms with E-state index in [1.165, 1.54) is 6.42 Å². The first-order valence-electron chi connectivity index (χ1n) is 8.70. The van der Waals surface area contributed by atoms with Gasteiger partial charge >= 0.3 is 11.8 Å². The summed E-state index contributed by atoms with van der Waals surface area (Å²) in [5, 5.41) is 6.59. The lowest BCUT2D eigenvalue weighted by atomic mass is 9.99. The number of nitrogens with one attached hydrogen (secondary N) is 2. The highest BCUT2D eigenvalue weighted by Crippen LogP contribution is 2.22. The molecule has 0 saturated heterocycles. The van der Waals surface area contributed by atoms with Crippen LogP contribution in [0.15, 0.2) is 59.7 Å². The number of carbonyl (C=O) groups is 2. The Balaban J connectivity index is 1.51. The van der Waals surface area contributed by atoms with Gasteiger partial charge < -0.3 is 10.1 Å². The van der Waals surface area contributed by atoms with Gasteiger partial charge in [0.15, 0.2) is 0 Å². The van der Waals surface area contributed by atoms with Gasteiger partial charge in [0.05, 0.1) is 0 Å². The van der Waals surface area contributed by atoms with Gasteiger partial charge in [0, 0.05) is 11.4 Å². The summed E-state index contributed by atoms with van der Waals surface area (Å²) in [6.45, 7) is 0. The van der Waals surface area contributed by atoms with E-state index in [0.29, 0.717) is 11.4 Å². The molecule has 0 atom stereocenters. The molecule has 0 heterocycles. The van der Waals surface area contributed by atoms with Crippen molar-refractivity contribution in [2.45, 2.75) is 32.1 Å².